The molecule has 0 aliphatic rings. The maximum absolute atomic E-state index is 10.4. The van der Waals surface area contributed by atoms with Gasteiger partial charge in [0.1, 0.15) is 0 Å². The topological polar surface area (TPSA) is 40.5 Å². The Hall–Kier alpha value is 0.370. The van der Waals surface area contributed by atoms with Crippen LogP contribution in [0.25, 0.3) is 0 Å². The molecule has 0 aliphatic heterocycles. The number of hydrogen-bond donors (Lipinski definition) is 1. The lowest BCUT2D eigenvalue weighted by molar-refractivity contribution is 0.176. The van der Waals surface area contributed by atoms with Crippen molar-refractivity contribution in [3.8, 4) is 0 Å². The van der Waals surface area contributed by atoms with Gasteiger partial charge in [-0.15, -0.1) is 0 Å². The van der Waals surface area contributed by atoms with Gasteiger partial charge in [0.2, 0.25) is 0 Å². The predicted molar refractivity (Wildman–Crippen MR) is 63.9 cm³/mol. The Balaban J connectivity index is 3.67. The molecule has 0 saturated carbocycles. The maximum Gasteiger partial charge on any atom is 0.582 e. The van der Waals surface area contributed by atoms with Crippen molar-refractivity contribution >= 4 is 18.6 Å². The van der Waals surface area contributed by atoms with E-state index in [4.69, 9.17) is 4.89 Å². The highest BCUT2D eigenvalue weighted by Crippen LogP contribution is 2.32. The SMILES string of the molecule is CC(C)N(CCCS[P+](=O)O)C(C)C. The first-order valence-corrected chi connectivity index (χ1v) is 7.80. The standard InChI is InChI=1S/C9H20NO2PS/c1-8(2)10(9(3)4)6-5-7-14-13(11)12/h8-9H,5-7H2,1-4H3/p+1. The summed E-state index contributed by atoms with van der Waals surface area (Å²) in [7, 11) is -2.01. The fourth-order valence-electron chi connectivity index (χ4n) is 1.50. The average Bonchev–Trinajstić information content (AvgIpc) is 2.01. The highest BCUT2D eigenvalue weighted by molar-refractivity contribution is 8.50. The summed E-state index contributed by atoms with van der Waals surface area (Å²) < 4.78 is 10.4. The lowest BCUT2D eigenvalue weighted by atomic mass is 10.2. The summed E-state index contributed by atoms with van der Waals surface area (Å²) in [6.07, 6.45) is 0.975. The molecule has 0 amide bonds. The molecule has 0 rings (SSSR count). The summed E-state index contributed by atoms with van der Waals surface area (Å²) in [6, 6.07) is 1.09. The monoisotopic (exact) mass is 238 g/mol. The third kappa shape index (κ3) is 6.77. The van der Waals surface area contributed by atoms with Crippen molar-refractivity contribution in [2.45, 2.75) is 46.2 Å². The third-order valence-corrected chi connectivity index (χ3v) is 3.99. The molecular weight excluding hydrogens is 217 g/mol. The molecule has 0 fully saturated rings. The van der Waals surface area contributed by atoms with Gasteiger partial charge in [-0.05, 0) is 45.2 Å². The summed E-state index contributed by atoms with van der Waals surface area (Å²) in [5, 5.41) is 0. The number of rotatable bonds is 7. The van der Waals surface area contributed by atoms with Gasteiger partial charge in [-0.1, -0.05) is 0 Å². The minimum Gasteiger partial charge on any atom is -0.299 e. The molecule has 1 N–H and O–H groups in total. The molecule has 0 spiro atoms. The highest BCUT2D eigenvalue weighted by atomic mass is 32.7. The first-order valence-electron chi connectivity index (χ1n) is 5.00. The van der Waals surface area contributed by atoms with Crippen LogP contribution in [0.4, 0.5) is 0 Å². The molecule has 0 saturated heterocycles. The molecule has 5 heteroatoms. The van der Waals surface area contributed by atoms with Crippen molar-refractivity contribution in [3.05, 3.63) is 0 Å². The Kier molecular flexibility index (Phi) is 7.84. The summed E-state index contributed by atoms with van der Waals surface area (Å²) in [6.45, 7) is 9.73. The Morgan fingerprint density at radius 1 is 1.29 bits per heavy atom. The zero-order valence-electron chi connectivity index (χ0n) is 9.43. The van der Waals surface area contributed by atoms with Gasteiger partial charge in [-0.3, -0.25) is 4.90 Å². The summed E-state index contributed by atoms with van der Waals surface area (Å²) in [5.74, 6) is 0.766. The summed E-state index contributed by atoms with van der Waals surface area (Å²) in [4.78, 5) is 11.0. The molecule has 0 aliphatic carbocycles. The van der Waals surface area contributed by atoms with Crippen molar-refractivity contribution in [1.29, 1.82) is 0 Å². The quantitative estimate of drug-likeness (QED) is 0.547. The predicted octanol–water partition coefficient (Wildman–Crippen LogP) is 2.88. The lowest BCUT2D eigenvalue weighted by Gasteiger charge is -2.30. The second-order valence-electron chi connectivity index (χ2n) is 3.85. The van der Waals surface area contributed by atoms with Crippen LogP contribution in [0, 0.1) is 0 Å². The smallest absolute Gasteiger partial charge is 0.299 e. The molecule has 84 valence electrons. The van der Waals surface area contributed by atoms with Crippen molar-refractivity contribution in [2.24, 2.45) is 0 Å². The third-order valence-electron chi connectivity index (χ3n) is 2.09. The fourth-order valence-corrected chi connectivity index (χ4v) is 2.77. The second-order valence-corrected chi connectivity index (χ2v) is 6.70. The van der Waals surface area contributed by atoms with Crippen LogP contribution in [-0.4, -0.2) is 34.2 Å². The first kappa shape index (κ1) is 14.4. The maximum atomic E-state index is 10.4. The molecule has 0 aromatic rings. The van der Waals surface area contributed by atoms with Crippen LogP contribution < -0.4 is 0 Å². The molecule has 1 unspecified atom stereocenters. The Morgan fingerprint density at radius 3 is 2.14 bits per heavy atom. The number of hydrogen-bond acceptors (Lipinski definition) is 3. The van der Waals surface area contributed by atoms with Crippen LogP contribution in [0.2, 0.25) is 0 Å². The van der Waals surface area contributed by atoms with Gasteiger partial charge in [0, 0.05) is 17.8 Å². The Bertz CT molecular complexity index is 168. The largest absolute Gasteiger partial charge is 0.582 e. The molecule has 14 heavy (non-hydrogen) atoms. The van der Waals surface area contributed by atoms with Gasteiger partial charge in [0.25, 0.3) is 0 Å². The van der Waals surface area contributed by atoms with E-state index in [-0.39, 0.29) is 0 Å². The van der Waals surface area contributed by atoms with Gasteiger partial charge >= 0.3 is 7.23 Å². The van der Waals surface area contributed by atoms with Gasteiger partial charge in [0.05, 0.1) is 0 Å². The van der Waals surface area contributed by atoms with Crippen molar-refractivity contribution in [2.75, 3.05) is 12.3 Å². The molecular formula is C9H21NO2PS+. The minimum atomic E-state index is -2.01. The van der Waals surface area contributed by atoms with Crippen LogP contribution in [0.15, 0.2) is 0 Å². The average molecular weight is 238 g/mol. The first-order chi connectivity index (χ1) is 6.45. The Labute approximate surface area is 91.9 Å². The molecule has 0 aromatic heterocycles. The van der Waals surface area contributed by atoms with E-state index in [0.29, 0.717) is 12.1 Å². The van der Waals surface area contributed by atoms with Gasteiger partial charge in [0.15, 0.2) is 11.4 Å². The normalized spacial score (nSPS) is 13.0. The van der Waals surface area contributed by atoms with E-state index in [2.05, 4.69) is 32.6 Å². The molecule has 3 nitrogen and oxygen atoms in total. The summed E-state index contributed by atoms with van der Waals surface area (Å²) in [5.41, 5.74) is 0. The highest BCUT2D eigenvalue weighted by Gasteiger charge is 2.15. The van der Waals surface area contributed by atoms with E-state index < -0.39 is 7.23 Å². The second kappa shape index (κ2) is 7.63. The van der Waals surface area contributed by atoms with E-state index in [1.165, 1.54) is 0 Å². The van der Waals surface area contributed by atoms with Crippen LogP contribution in [0.1, 0.15) is 34.1 Å². The molecule has 0 aromatic carbocycles. The van der Waals surface area contributed by atoms with Gasteiger partial charge in [-0.25, -0.2) is 0 Å². The van der Waals surface area contributed by atoms with Crippen LogP contribution >= 0.6 is 18.6 Å². The van der Waals surface area contributed by atoms with Crippen LogP contribution in [0.5, 0.6) is 0 Å². The van der Waals surface area contributed by atoms with E-state index in [0.717, 1.165) is 30.1 Å². The van der Waals surface area contributed by atoms with E-state index >= 15 is 0 Å². The molecule has 0 radical (unpaired) electrons. The fraction of sp³-hybridized carbons (Fsp3) is 1.00. The molecule has 0 bridgehead atoms. The zero-order chi connectivity index (χ0) is 11.1. The van der Waals surface area contributed by atoms with Crippen LogP contribution in [0.3, 0.4) is 0 Å². The van der Waals surface area contributed by atoms with Crippen molar-refractivity contribution < 1.29 is 9.46 Å². The summed E-state index contributed by atoms with van der Waals surface area (Å²) >= 11 is 1.13. The minimum absolute atomic E-state index is 0.544. The van der Waals surface area contributed by atoms with E-state index in [9.17, 15) is 4.57 Å². The molecule has 1 atom stereocenters. The van der Waals surface area contributed by atoms with E-state index in [1.54, 1.807) is 0 Å². The number of nitrogens with zero attached hydrogens (tertiary/aromatic N) is 1. The van der Waals surface area contributed by atoms with Crippen molar-refractivity contribution in [1.82, 2.24) is 4.90 Å². The van der Waals surface area contributed by atoms with Crippen molar-refractivity contribution in [3.63, 3.8) is 0 Å². The zero-order valence-corrected chi connectivity index (χ0v) is 11.1. The van der Waals surface area contributed by atoms with Gasteiger partial charge in [-0.2, -0.15) is 4.89 Å². The van der Waals surface area contributed by atoms with E-state index in [1.807, 2.05) is 0 Å². The lowest BCUT2D eigenvalue weighted by Crippen LogP contribution is -2.37. The molecule has 0 heterocycles. The van der Waals surface area contributed by atoms with Gasteiger partial charge < -0.3 is 0 Å². The Morgan fingerprint density at radius 2 is 1.79 bits per heavy atom. The van der Waals surface area contributed by atoms with Crippen LogP contribution in [-0.2, 0) is 4.57 Å².